The van der Waals surface area contributed by atoms with Crippen LogP contribution in [0.2, 0.25) is 0 Å². The van der Waals surface area contributed by atoms with Gasteiger partial charge in [-0.2, -0.15) is 0 Å². The minimum atomic E-state index is -1.72. The monoisotopic (exact) mass is 327 g/mol. The van der Waals surface area contributed by atoms with Crippen molar-refractivity contribution in [3.05, 3.63) is 29.8 Å². The highest BCUT2D eigenvalue weighted by atomic mass is 32.2. The molecule has 2 atom stereocenters. The molecule has 122 valence electrons. The average Bonchev–Trinajstić information content (AvgIpc) is 2.53. The predicted octanol–water partition coefficient (Wildman–Crippen LogP) is 2.34. The second kappa shape index (κ2) is 9.45. The molecule has 0 heterocycles. The summed E-state index contributed by atoms with van der Waals surface area (Å²) in [6.45, 7) is 2.06. The van der Waals surface area contributed by atoms with Crippen LogP contribution < -0.4 is 5.48 Å². The molecule has 0 fully saturated rings. The number of aromatic carboxylic acids is 1. The zero-order chi connectivity index (χ0) is 16.5. The Hall–Kier alpha value is -1.57. The Morgan fingerprint density at radius 3 is 2.64 bits per heavy atom. The lowest BCUT2D eigenvalue weighted by atomic mass is 10.1. The predicted molar refractivity (Wildman–Crippen MR) is 82.3 cm³/mol. The molecule has 6 nitrogen and oxygen atoms in total. The van der Waals surface area contributed by atoms with E-state index in [1.165, 1.54) is 24.3 Å². The van der Waals surface area contributed by atoms with Crippen molar-refractivity contribution in [3.8, 4) is 0 Å². The topological polar surface area (TPSA) is 110 Å². The highest BCUT2D eigenvalue weighted by molar-refractivity contribution is 7.92. The van der Waals surface area contributed by atoms with Crippen molar-refractivity contribution in [2.24, 2.45) is 0 Å². The van der Waals surface area contributed by atoms with Gasteiger partial charge >= 0.3 is 5.97 Å². The van der Waals surface area contributed by atoms with Crippen molar-refractivity contribution in [2.75, 3.05) is 0 Å². The maximum absolute atomic E-state index is 12.5. The van der Waals surface area contributed by atoms with Crippen LogP contribution in [-0.4, -0.2) is 32.0 Å². The molecular formula is C15H21NO5S. The Labute approximate surface area is 132 Å². The molecule has 0 radical (unpaired) electrons. The van der Waals surface area contributed by atoms with Crippen LogP contribution in [-0.2, 0) is 16.0 Å². The van der Waals surface area contributed by atoms with Crippen molar-refractivity contribution in [1.29, 1.82) is 0 Å². The van der Waals surface area contributed by atoms with Gasteiger partial charge in [-0.15, -0.1) is 0 Å². The molecule has 0 aliphatic heterocycles. The van der Waals surface area contributed by atoms with E-state index >= 15 is 0 Å². The van der Waals surface area contributed by atoms with Crippen LogP contribution in [0.25, 0.3) is 0 Å². The molecule has 0 bridgehead atoms. The summed E-state index contributed by atoms with van der Waals surface area (Å²) in [5.41, 5.74) is 1.56. The number of hydrogen-bond donors (Lipinski definition) is 3. The van der Waals surface area contributed by atoms with Crippen molar-refractivity contribution in [3.63, 3.8) is 0 Å². The summed E-state index contributed by atoms with van der Waals surface area (Å²) in [4.78, 5) is 23.0. The van der Waals surface area contributed by atoms with Gasteiger partial charge in [0.1, 0.15) is 0 Å². The van der Waals surface area contributed by atoms with E-state index < -0.39 is 28.3 Å². The third-order valence-corrected chi connectivity index (χ3v) is 4.98. The number of nitrogens with one attached hydrogen (secondary N) is 1. The summed E-state index contributed by atoms with van der Waals surface area (Å²) < 4.78 is 12.5. The number of carbonyl (C=O) groups excluding carboxylic acids is 1. The quantitative estimate of drug-likeness (QED) is 0.279. The number of benzene rings is 1. The van der Waals surface area contributed by atoms with Gasteiger partial charge in [0.05, 0.1) is 5.56 Å². The SMILES string of the molecule is CCCCCCC(C(=O)NO)[S+]([O-])c1cccc(C(=O)O)c1. The van der Waals surface area contributed by atoms with Crippen molar-refractivity contribution in [2.45, 2.75) is 49.2 Å². The number of hydroxylamine groups is 1. The first-order valence-corrected chi connectivity index (χ1v) is 8.40. The lowest BCUT2D eigenvalue weighted by Gasteiger charge is -2.19. The van der Waals surface area contributed by atoms with Crippen LogP contribution >= 0.6 is 0 Å². The molecule has 2 unspecified atom stereocenters. The van der Waals surface area contributed by atoms with Crippen LogP contribution in [0, 0.1) is 0 Å². The zero-order valence-electron chi connectivity index (χ0n) is 12.4. The van der Waals surface area contributed by atoms with Gasteiger partial charge in [0.15, 0.2) is 4.90 Å². The summed E-state index contributed by atoms with van der Waals surface area (Å²) in [7, 11) is 0. The molecule has 1 aromatic carbocycles. The number of carboxylic acid groups (broad SMARTS) is 1. The fraction of sp³-hybridized carbons (Fsp3) is 0.467. The van der Waals surface area contributed by atoms with Gasteiger partial charge in [0.2, 0.25) is 5.25 Å². The Morgan fingerprint density at radius 2 is 2.05 bits per heavy atom. The van der Waals surface area contributed by atoms with Gasteiger partial charge in [-0.05, 0) is 29.7 Å². The van der Waals surface area contributed by atoms with Gasteiger partial charge < -0.3 is 9.66 Å². The van der Waals surface area contributed by atoms with E-state index in [2.05, 4.69) is 6.92 Å². The Balaban J connectivity index is 2.86. The molecule has 22 heavy (non-hydrogen) atoms. The minimum Gasteiger partial charge on any atom is -0.611 e. The van der Waals surface area contributed by atoms with Gasteiger partial charge in [-0.3, -0.25) is 10.0 Å². The van der Waals surface area contributed by atoms with Gasteiger partial charge in [-0.25, -0.2) is 10.3 Å². The largest absolute Gasteiger partial charge is 0.611 e. The molecular weight excluding hydrogens is 306 g/mol. The van der Waals surface area contributed by atoms with E-state index in [4.69, 9.17) is 10.3 Å². The fourth-order valence-electron chi connectivity index (χ4n) is 2.08. The zero-order valence-corrected chi connectivity index (χ0v) is 13.3. The number of unbranched alkanes of at least 4 members (excludes halogenated alkanes) is 3. The molecule has 7 heteroatoms. The second-order valence-electron chi connectivity index (χ2n) is 4.94. The smallest absolute Gasteiger partial charge is 0.335 e. The van der Waals surface area contributed by atoms with E-state index in [1.54, 1.807) is 5.48 Å². The maximum atomic E-state index is 12.5. The minimum absolute atomic E-state index is 0.0139. The highest BCUT2D eigenvalue weighted by Crippen LogP contribution is 2.22. The van der Waals surface area contributed by atoms with E-state index in [0.29, 0.717) is 6.42 Å². The van der Waals surface area contributed by atoms with Crippen molar-refractivity contribution >= 4 is 23.1 Å². The molecule has 0 saturated heterocycles. The van der Waals surface area contributed by atoms with E-state index in [-0.39, 0.29) is 10.5 Å². The van der Waals surface area contributed by atoms with Crippen LogP contribution in [0.3, 0.4) is 0 Å². The average molecular weight is 327 g/mol. The standard InChI is InChI=1S/C15H21NO5S/c1-2-3-4-5-9-13(14(17)16-20)22(21)12-8-6-7-11(10-12)15(18)19/h6-8,10,13,20H,2-5,9H2,1H3,(H,16,17)(H,18,19). The normalized spacial score (nSPS) is 13.4. The maximum Gasteiger partial charge on any atom is 0.335 e. The van der Waals surface area contributed by atoms with Crippen LogP contribution in [0.4, 0.5) is 0 Å². The van der Waals surface area contributed by atoms with Crippen LogP contribution in [0.5, 0.6) is 0 Å². The van der Waals surface area contributed by atoms with Crippen molar-refractivity contribution in [1.82, 2.24) is 5.48 Å². The first kappa shape index (κ1) is 18.5. The third kappa shape index (κ3) is 5.32. The lowest BCUT2D eigenvalue weighted by Crippen LogP contribution is -2.38. The number of carboxylic acids is 1. The molecule has 1 amide bonds. The number of amides is 1. The van der Waals surface area contributed by atoms with E-state index in [9.17, 15) is 14.1 Å². The molecule has 0 aliphatic rings. The molecule has 3 N–H and O–H groups in total. The van der Waals surface area contributed by atoms with E-state index in [0.717, 1.165) is 25.7 Å². The molecule has 0 aromatic heterocycles. The summed E-state index contributed by atoms with van der Waals surface area (Å²) in [5.74, 6) is -1.83. The molecule has 1 aromatic rings. The fourth-order valence-corrected chi connectivity index (χ4v) is 3.49. The first-order valence-electron chi connectivity index (χ1n) is 7.19. The van der Waals surface area contributed by atoms with Crippen molar-refractivity contribution < 1.29 is 24.5 Å². The summed E-state index contributed by atoms with van der Waals surface area (Å²) in [6, 6.07) is 5.70. The molecule has 1 rings (SSSR count). The van der Waals surface area contributed by atoms with Gasteiger partial charge in [-0.1, -0.05) is 32.3 Å². The Morgan fingerprint density at radius 1 is 1.32 bits per heavy atom. The Bertz CT molecular complexity index is 508. The summed E-state index contributed by atoms with van der Waals surface area (Å²) in [5, 5.41) is 16.9. The van der Waals surface area contributed by atoms with E-state index in [1.807, 2.05) is 0 Å². The number of carbonyl (C=O) groups is 2. The molecule has 0 saturated carbocycles. The second-order valence-corrected chi connectivity index (χ2v) is 6.58. The Kier molecular flexibility index (Phi) is 7.94. The van der Waals surface area contributed by atoms with Gasteiger partial charge in [0.25, 0.3) is 5.91 Å². The third-order valence-electron chi connectivity index (χ3n) is 3.29. The summed E-state index contributed by atoms with van der Waals surface area (Å²) in [6.07, 6.45) is 4.07. The highest BCUT2D eigenvalue weighted by Gasteiger charge is 2.32. The molecule has 0 spiro atoms. The van der Waals surface area contributed by atoms with Crippen LogP contribution in [0.15, 0.2) is 29.2 Å². The summed E-state index contributed by atoms with van der Waals surface area (Å²) >= 11 is -1.72. The number of hydrogen-bond acceptors (Lipinski definition) is 4. The first-order chi connectivity index (χ1) is 10.5. The number of rotatable bonds is 9. The van der Waals surface area contributed by atoms with Crippen LogP contribution in [0.1, 0.15) is 49.4 Å². The molecule has 0 aliphatic carbocycles. The lowest BCUT2D eigenvalue weighted by molar-refractivity contribution is -0.128. The van der Waals surface area contributed by atoms with Gasteiger partial charge in [0, 0.05) is 12.5 Å².